The van der Waals surface area contributed by atoms with Gasteiger partial charge in [-0.3, -0.25) is 4.98 Å². The van der Waals surface area contributed by atoms with Crippen LogP contribution in [0.3, 0.4) is 0 Å². The molecule has 1 aromatic rings. The number of hydrogen-bond donors (Lipinski definition) is 1. The molecule has 0 spiro atoms. The molecule has 0 saturated carbocycles. The highest BCUT2D eigenvalue weighted by Gasteiger charge is 2.09. The average Bonchev–Trinajstić information content (AvgIpc) is 2.03. The number of nitrogens with zero attached hydrogens (tertiary/aromatic N) is 1. The summed E-state index contributed by atoms with van der Waals surface area (Å²) in [5, 5.41) is 8.69. The van der Waals surface area contributed by atoms with Crippen LogP contribution < -0.4 is 0 Å². The lowest BCUT2D eigenvalue weighted by molar-refractivity contribution is 0.0695. The monoisotopic (exact) mass is 185 g/mol. The Hall–Kier alpha value is -1.09. The number of pyridine rings is 1. The molecule has 0 aromatic carbocycles. The van der Waals surface area contributed by atoms with Crippen molar-refractivity contribution in [2.75, 3.05) is 0 Å². The third-order valence-corrected chi connectivity index (χ3v) is 1.72. The number of aromatic nitrogens is 1. The molecule has 0 amide bonds. The van der Waals surface area contributed by atoms with Crippen LogP contribution in [0, 0.1) is 6.92 Å². The van der Waals surface area contributed by atoms with Gasteiger partial charge in [0, 0.05) is 5.69 Å². The molecule has 0 aliphatic heterocycles. The van der Waals surface area contributed by atoms with Gasteiger partial charge in [-0.05, 0) is 19.1 Å². The van der Waals surface area contributed by atoms with E-state index in [0.29, 0.717) is 5.69 Å². The standard InChI is InChI=1S/C8H8ClNO2/c1-5-2-3-6(8(11)12)7(4-9)10-5/h2-3H,4H2,1H3,(H,11,12). The Labute approximate surface area is 75.0 Å². The summed E-state index contributed by atoms with van der Waals surface area (Å²) in [6.45, 7) is 1.79. The van der Waals surface area contributed by atoms with Gasteiger partial charge in [0.25, 0.3) is 0 Å². The smallest absolute Gasteiger partial charge is 0.337 e. The molecule has 4 heteroatoms. The molecule has 0 bridgehead atoms. The number of alkyl halides is 1. The molecule has 1 N–H and O–H groups in total. The van der Waals surface area contributed by atoms with Gasteiger partial charge in [-0.2, -0.15) is 0 Å². The topological polar surface area (TPSA) is 50.2 Å². The van der Waals surface area contributed by atoms with Crippen LogP contribution in [0.2, 0.25) is 0 Å². The van der Waals surface area contributed by atoms with Crippen molar-refractivity contribution in [1.82, 2.24) is 4.98 Å². The average molecular weight is 186 g/mol. The summed E-state index contributed by atoms with van der Waals surface area (Å²) >= 11 is 5.52. The molecular formula is C8H8ClNO2. The molecule has 1 rings (SSSR count). The van der Waals surface area contributed by atoms with Crippen LogP contribution in [0.4, 0.5) is 0 Å². The Morgan fingerprint density at radius 3 is 2.83 bits per heavy atom. The van der Waals surface area contributed by atoms with Crippen molar-refractivity contribution in [1.29, 1.82) is 0 Å². The fourth-order valence-corrected chi connectivity index (χ4v) is 1.11. The van der Waals surface area contributed by atoms with Crippen LogP contribution in [-0.2, 0) is 5.88 Å². The van der Waals surface area contributed by atoms with Crippen molar-refractivity contribution in [2.45, 2.75) is 12.8 Å². The molecule has 0 unspecified atom stereocenters. The van der Waals surface area contributed by atoms with Crippen LogP contribution in [-0.4, -0.2) is 16.1 Å². The van der Waals surface area contributed by atoms with E-state index in [1.165, 1.54) is 6.07 Å². The Bertz CT molecular complexity index is 312. The molecule has 0 fully saturated rings. The molecule has 0 atom stereocenters. The fraction of sp³-hybridized carbons (Fsp3) is 0.250. The van der Waals surface area contributed by atoms with Crippen molar-refractivity contribution in [3.63, 3.8) is 0 Å². The van der Waals surface area contributed by atoms with E-state index in [2.05, 4.69) is 4.98 Å². The molecule has 0 aliphatic rings. The fourth-order valence-electron chi connectivity index (χ4n) is 0.907. The number of hydrogen-bond acceptors (Lipinski definition) is 2. The lowest BCUT2D eigenvalue weighted by Crippen LogP contribution is -2.03. The number of carboxylic acid groups (broad SMARTS) is 1. The molecule has 0 radical (unpaired) electrons. The van der Waals surface area contributed by atoms with Crippen molar-refractivity contribution in [2.24, 2.45) is 0 Å². The first kappa shape index (κ1) is 9.00. The third kappa shape index (κ3) is 1.74. The molecule has 0 aliphatic carbocycles. The third-order valence-electron chi connectivity index (χ3n) is 1.47. The zero-order valence-electron chi connectivity index (χ0n) is 6.54. The highest BCUT2D eigenvalue weighted by atomic mass is 35.5. The summed E-state index contributed by atoms with van der Waals surface area (Å²) < 4.78 is 0. The van der Waals surface area contributed by atoms with Crippen molar-refractivity contribution in [3.05, 3.63) is 29.1 Å². The van der Waals surface area contributed by atoms with Gasteiger partial charge >= 0.3 is 5.97 Å². The maximum atomic E-state index is 10.6. The van der Waals surface area contributed by atoms with E-state index in [4.69, 9.17) is 16.7 Å². The van der Waals surface area contributed by atoms with Gasteiger partial charge in [0.1, 0.15) is 0 Å². The molecule has 1 aromatic heterocycles. The van der Waals surface area contributed by atoms with Gasteiger partial charge in [-0.1, -0.05) is 0 Å². The van der Waals surface area contributed by atoms with E-state index in [9.17, 15) is 4.79 Å². The summed E-state index contributed by atoms with van der Waals surface area (Å²) in [7, 11) is 0. The maximum Gasteiger partial charge on any atom is 0.337 e. The highest BCUT2D eigenvalue weighted by Crippen LogP contribution is 2.09. The molecule has 3 nitrogen and oxygen atoms in total. The van der Waals surface area contributed by atoms with E-state index in [0.717, 1.165) is 5.69 Å². The van der Waals surface area contributed by atoms with E-state index in [1.54, 1.807) is 13.0 Å². The summed E-state index contributed by atoms with van der Waals surface area (Å²) in [4.78, 5) is 14.6. The largest absolute Gasteiger partial charge is 0.478 e. The summed E-state index contributed by atoms with van der Waals surface area (Å²) in [6.07, 6.45) is 0. The van der Waals surface area contributed by atoms with Crippen LogP contribution in [0.5, 0.6) is 0 Å². The van der Waals surface area contributed by atoms with Crippen molar-refractivity contribution in [3.8, 4) is 0 Å². The number of aryl methyl sites for hydroxylation is 1. The van der Waals surface area contributed by atoms with Crippen LogP contribution >= 0.6 is 11.6 Å². The second-order valence-electron chi connectivity index (χ2n) is 2.39. The number of rotatable bonds is 2. The number of carbonyl (C=O) groups is 1. The zero-order chi connectivity index (χ0) is 9.14. The minimum Gasteiger partial charge on any atom is -0.478 e. The predicted octanol–water partition coefficient (Wildman–Crippen LogP) is 1.83. The Morgan fingerprint density at radius 1 is 1.67 bits per heavy atom. The van der Waals surface area contributed by atoms with Crippen molar-refractivity contribution >= 4 is 17.6 Å². The minimum absolute atomic E-state index is 0.128. The SMILES string of the molecule is Cc1ccc(C(=O)O)c(CCl)n1. The highest BCUT2D eigenvalue weighted by molar-refractivity contribution is 6.17. The number of aromatic carboxylic acids is 1. The predicted molar refractivity (Wildman–Crippen MR) is 45.5 cm³/mol. The molecule has 0 saturated heterocycles. The first-order valence-electron chi connectivity index (χ1n) is 3.41. The lowest BCUT2D eigenvalue weighted by Gasteiger charge is -2.01. The first-order chi connectivity index (χ1) is 5.65. The van der Waals surface area contributed by atoms with Crippen molar-refractivity contribution < 1.29 is 9.90 Å². The summed E-state index contributed by atoms with van der Waals surface area (Å²) in [5.41, 5.74) is 1.37. The van der Waals surface area contributed by atoms with Crippen LogP contribution in [0.15, 0.2) is 12.1 Å². The normalized spacial score (nSPS) is 9.83. The van der Waals surface area contributed by atoms with Gasteiger partial charge < -0.3 is 5.11 Å². The zero-order valence-corrected chi connectivity index (χ0v) is 7.30. The van der Waals surface area contributed by atoms with E-state index < -0.39 is 5.97 Å². The van der Waals surface area contributed by atoms with Gasteiger partial charge in [0.15, 0.2) is 0 Å². The molecule has 64 valence electrons. The second kappa shape index (κ2) is 3.54. The van der Waals surface area contributed by atoms with Gasteiger partial charge in [-0.15, -0.1) is 11.6 Å². The van der Waals surface area contributed by atoms with E-state index in [1.807, 2.05) is 0 Å². The molecule has 1 heterocycles. The van der Waals surface area contributed by atoms with Crippen LogP contribution in [0.25, 0.3) is 0 Å². The number of carboxylic acids is 1. The van der Waals surface area contributed by atoms with Crippen LogP contribution in [0.1, 0.15) is 21.7 Å². The minimum atomic E-state index is -0.988. The Balaban J connectivity index is 3.20. The lowest BCUT2D eigenvalue weighted by atomic mass is 10.2. The Kier molecular flexibility index (Phi) is 2.65. The summed E-state index contributed by atoms with van der Waals surface area (Å²) in [6, 6.07) is 3.17. The number of halogens is 1. The second-order valence-corrected chi connectivity index (χ2v) is 2.65. The quantitative estimate of drug-likeness (QED) is 0.716. The van der Waals surface area contributed by atoms with Gasteiger partial charge in [0.05, 0.1) is 17.1 Å². The van der Waals surface area contributed by atoms with Gasteiger partial charge in [-0.25, -0.2) is 4.79 Å². The molecule has 12 heavy (non-hydrogen) atoms. The Morgan fingerprint density at radius 2 is 2.33 bits per heavy atom. The van der Waals surface area contributed by atoms with Gasteiger partial charge in [0.2, 0.25) is 0 Å². The summed E-state index contributed by atoms with van der Waals surface area (Å²) in [5.74, 6) is -0.860. The first-order valence-corrected chi connectivity index (χ1v) is 3.94. The molecular weight excluding hydrogens is 178 g/mol. The van der Waals surface area contributed by atoms with E-state index in [-0.39, 0.29) is 11.4 Å². The van der Waals surface area contributed by atoms with E-state index >= 15 is 0 Å². The maximum absolute atomic E-state index is 10.6.